The molecule has 0 aromatic heterocycles. The average Bonchev–Trinajstić information content (AvgIpc) is 1.99. The van der Waals surface area contributed by atoms with Crippen molar-refractivity contribution in [3.63, 3.8) is 0 Å². The molecular formula is C12H23NO2. The molecule has 0 heterocycles. The molecule has 0 bridgehead atoms. The summed E-state index contributed by atoms with van der Waals surface area (Å²) in [4.78, 5) is 22.8. The van der Waals surface area contributed by atoms with Gasteiger partial charge in [-0.15, -0.1) is 0 Å². The second-order valence-electron chi connectivity index (χ2n) is 4.96. The molecule has 1 atom stereocenters. The largest absolute Gasteiger partial charge is 0.346 e. The minimum absolute atomic E-state index is 0.0224. The zero-order valence-electron chi connectivity index (χ0n) is 10.5. The van der Waals surface area contributed by atoms with Crippen molar-refractivity contribution in [2.75, 3.05) is 0 Å². The Kier molecular flexibility index (Phi) is 6.21. The van der Waals surface area contributed by atoms with Crippen molar-refractivity contribution in [1.82, 2.24) is 5.32 Å². The van der Waals surface area contributed by atoms with Crippen molar-refractivity contribution in [3.05, 3.63) is 0 Å². The Morgan fingerprint density at radius 1 is 1.07 bits per heavy atom. The molecule has 0 fully saturated rings. The molecule has 0 saturated carbocycles. The van der Waals surface area contributed by atoms with Gasteiger partial charge in [0.25, 0.3) is 0 Å². The number of amides is 1. The van der Waals surface area contributed by atoms with Crippen molar-refractivity contribution in [2.45, 2.75) is 53.5 Å². The molecule has 0 aliphatic heterocycles. The monoisotopic (exact) mass is 213 g/mol. The summed E-state index contributed by atoms with van der Waals surface area (Å²) in [6.45, 7) is 9.60. The summed E-state index contributed by atoms with van der Waals surface area (Å²) in [6, 6.07) is -0.309. The van der Waals surface area contributed by atoms with Crippen LogP contribution in [0.4, 0.5) is 0 Å². The van der Waals surface area contributed by atoms with E-state index in [0.717, 1.165) is 6.42 Å². The number of carbonyl (C=O) groups is 2. The van der Waals surface area contributed by atoms with Crippen LogP contribution >= 0.6 is 0 Å². The van der Waals surface area contributed by atoms with Gasteiger partial charge in [0.05, 0.1) is 6.04 Å². The van der Waals surface area contributed by atoms with E-state index in [0.29, 0.717) is 18.3 Å². The molecule has 0 aliphatic rings. The molecule has 3 nitrogen and oxygen atoms in total. The maximum absolute atomic E-state index is 11.5. The number of carbonyl (C=O) groups excluding carboxylic acids is 2. The normalized spacial score (nSPS) is 13.0. The van der Waals surface area contributed by atoms with Crippen molar-refractivity contribution < 1.29 is 9.59 Å². The first-order valence-electron chi connectivity index (χ1n) is 5.62. The third kappa shape index (κ3) is 7.11. The molecular weight excluding hydrogens is 190 g/mol. The first kappa shape index (κ1) is 14.1. The van der Waals surface area contributed by atoms with Crippen LogP contribution in [0.15, 0.2) is 0 Å². The highest BCUT2D eigenvalue weighted by Crippen LogP contribution is 2.07. The molecule has 3 heteroatoms. The molecule has 0 unspecified atom stereocenters. The number of ketones is 1. The first-order chi connectivity index (χ1) is 6.82. The molecule has 0 rings (SSSR count). The number of Topliss-reactive ketones (excluding diaryl/α,β-unsaturated/α-hetero) is 1. The van der Waals surface area contributed by atoms with Crippen molar-refractivity contribution >= 4 is 11.7 Å². The van der Waals surface area contributed by atoms with Crippen LogP contribution < -0.4 is 5.32 Å². The van der Waals surface area contributed by atoms with Crippen molar-refractivity contribution in [1.29, 1.82) is 0 Å². The summed E-state index contributed by atoms with van der Waals surface area (Å²) >= 11 is 0. The van der Waals surface area contributed by atoms with Crippen LogP contribution in [0.5, 0.6) is 0 Å². The molecule has 0 saturated heterocycles. The number of rotatable bonds is 6. The lowest BCUT2D eigenvalue weighted by molar-refractivity contribution is -0.127. The minimum atomic E-state index is -0.309. The Bertz CT molecular complexity index is 222. The lowest BCUT2D eigenvalue weighted by Crippen LogP contribution is -2.41. The highest BCUT2D eigenvalue weighted by Gasteiger charge is 2.18. The predicted molar refractivity (Wildman–Crippen MR) is 61.5 cm³/mol. The lowest BCUT2D eigenvalue weighted by Gasteiger charge is -2.18. The van der Waals surface area contributed by atoms with E-state index in [1.54, 1.807) is 0 Å². The highest BCUT2D eigenvalue weighted by atomic mass is 16.2. The molecule has 0 aromatic carbocycles. The summed E-state index contributed by atoms with van der Waals surface area (Å²) in [7, 11) is 0. The van der Waals surface area contributed by atoms with E-state index in [2.05, 4.69) is 5.32 Å². The first-order valence-corrected chi connectivity index (χ1v) is 5.62. The lowest BCUT2D eigenvalue weighted by atomic mass is 10.0. The van der Waals surface area contributed by atoms with Crippen LogP contribution in [-0.4, -0.2) is 17.7 Å². The van der Waals surface area contributed by atoms with Crippen molar-refractivity contribution in [2.24, 2.45) is 11.8 Å². The van der Waals surface area contributed by atoms with Gasteiger partial charge in [0, 0.05) is 6.42 Å². The van der Waals surface area contributed by atoms with Gasteiger partial charge >= 0.3 is 0 Å². The standard InChI is InChI=1S/C12H23NO2/c1-8(2)6-11(10(5)14)13-12(15)7-9(3)4/h8-9,11H,6-7H2,1-5H3,(H,13,15)/t11-/m0/s1. The molecule has 88 valence electrons. The fraction of sp³-hybridized carbons (Fsp3) is 0.833. The van der Waals surface area contributed by atoms with Crippen LogP contribution in [-0.2, 0) is 9.59 Å². The Hall–Kier alpha value is -0.860. The van der Waals surface area contributed by atoms with Gasteiger partial charge in [-0.05, 0) is 25.2 Å². The maximum atomic E-state index is 11.5. The van der Waals surface area contributed by atoms with Gasteiger partial charge in [0.1, 0.15) is 0 Å². The second-order valence-corrected chi connectivity index (χ2v) is 4.96. The van der Waals surface area contributed by atoms with E-state index in [-0.39, 0.29) is 17.7 Å². The average molecular weight is 213 g/mol. The van der Waals surface area contributed by atoms with Crippen LogP contribution in [0.25, 0.3) is 0 Å². The fourth-order valence-corrected chi connectivity index (χ4v) is 1.42. The molecule has 0 spiro atoms. The van der Waals surface area contributed by atoms with E-state index >= 15 is 0 Å². The zero-order chi connectivity index (χ0) is 12.0. The SMILES string of the molecule is CC(=O)[C@H](CC(C)C)NC(=O)CC(C)C. The van der Waals surface area contributed by atoms with Gasteiger partial charge in [-0.2, -0.15) is 0 Å². The smallest absolute Gasteiger partial charge is 0.220 e. The Labute approximate surface area is 92.6 Å². The quantitative estimate of drug-likeness (QED) is 0.735. The van der Waals surface area contributed by atoms with Gasteiger partial charge in [-0.1, -0.05) is 27.7 Å². The van der Waals surface area contributed by atoms with E-state index in [4.69, 9.17) is 0 Å². The van der Waals surface area contributed by atoms with E-state index in [9.17, 15) is 9.59 Å². The number of hydrogen-bond acceptors (Lipinski definition) is 2. The Morgan fingerprint density at radius 2 is 1.60 bits per heavy atom. The summed E-state index contributed by atoms with van der Waals surface area (Å²) in [5.74, 6) is 0.765. The molecule has 15 heavy (non-hydrogen) atoms. The van der Waals surface area contributed by atoms with Crippen LogP contribution in [0.2, 0.25) is 0 Å². The molecule has 1 amide bonds. The third-order valence-electron chi connectivity index (χ3n) is 2.13. The third-order valence-corrected chi connectivity index (χ3v) is 2.13. The Balaban J connectivity index is 4.16. The maximum Gasteiger partial charge on any atom is 0.220 e. The molecule has 0 aromatic rings. The van der Waals surface area contributed by atoms with Crippen LogP contribution in [0, 0.1) is 11.8 Å². The van der Waals surface area contributed by atoms with Gasteiger partial charge in [0.2, 0.25) is 5.91 Å². The predicted octanol–water partition coefficient (Wildman–Crippen LogP) is 2.15. The molecule has 1 N–H and O–H groups in total. The van der Waals surface area contributed by atoms with E-state index < -0.39 is 0 Å². The molecule has 0 radical (unpaired) electrons. The van der Waals surface area contributed by atoms with Crippen LogP contribution in [0.3, 0.4) is 0 Å². The van der Waals surface area contributed by atoms with Gasteiger partial charge < -0.3 is 5.32 Å². The fourth-order valence-electron chi connectivity index (χ4n) is 1.42. The summed E-state index contributed by atoms with van der Waals surface area (Å²) < 4.78 is 0. The topological polar surface area (TPSA) is 46.2 Å². The molecule has 0 aliphatic carbocycles. The van der Waals surface area contributed by atoms with Crippen LogP contribution in [0.1, 0.15) is 47.5 Å². The van der Waals surface area contributed by atoms with E-state index in [1.807, 2.05) is 27.7 Å². The summed E-state index contributed by atoms with van der Waals surface area (Å²) in [5.41, 5.74) is 0. The summed E-state index contributed by atoms with van der Waals surface area (Å²) in [5, 5.41) is 2.79. The summed E-state index contributed by atoms with van der Waals surface area (Å²) in [6.07, 6.45) is 1.21. The number of nitrogens with one attached hydrogen (secondary N) is 1. The second kappa shape index (κ2) is 6.59. The minimum Gasteiger partial charge on any atom is -0.346 e. The zero-order valence-corrected chi connectivity index (χ0v) is 10.5. The Morgan fingerprint density at radius 3 is 1.93 bits per heavy atom. The number of hydrogen-bond donors (Lipinski definition) is 1. The van der Waals surface area contributed by atoms with Gasteiger partial charge in [0.15, 0.2) is 5.78 Å². The van der Waals surface area contributed by atoms with E-state index in [1.165, 1.54) is 6.92 Å². The van der Waals surface area contributed by atoms with Crippen molar-refractivity contribution in [3.8, 4) is 0 Å². The van der Waals surface area contributed by atoms with Gasteiger partial charge in [-0.25, -0.2) is 0 Å². The highest BCUT2D eigenvalue weighted by molar-refractivity contribution is 5.87. The van der Waals surface area contributed by atoms with Gasteiger partial charge in [-0.3, -0.25) is 9.59 Å².